The fourth-order valence-corrected chi connectivity index (χ4v) is 6.58. The van der Waals surface area contributed by atoms with Crippen LogP contribution in [0, 0.1) is 5.41 Å². The summed E-state index contributed by atoms with van der Waals surface area (Å²) in [6.45, 7) is 2.72. The van der Waals surface area contributed by atoms with Gasteiger partial charge in [0.05, 0.1) is 22.1 Å². The Balaban J connectivity index is 1.30. The van der Waals surface area contributed by atoms with Crippen molar-refractivity contribution >= 4 is 45.0 Å². The zero-order chi connectivity index (χ0) is 24.6. The van der Waals surface area contributed by atoms with E-state index in [2.05, 4.69) is 15.3 Å². The lowest BCUT2D eigenvalue weighted by atomic mass is 9.74. The summed E-state index contributed by atoms with van der Waals surface area (Å²) in [5, 5.41) is 1.79. The smallest absolute Gasteiger partial charge is 0.290 e. The van der Waals surface area contributed by atoms with Crippen LogP contribution in [0.4, 0.5) is 10.7 Å². The predicted molar refractivity (Wildman–Crippen MR) is 128 cm³/mol. The van der Waals surface area contributed by atoms with E-state index in [4.69, 9.17) is 9.47 Å². The first-order chi connectivity index (χ1) is 16.8. The summed E-state index contributed by atoms with van der Waals surface area (Å²) in [7, 11) is -1.94. The number of sulfonamides is 1. The molecule has 3 aliphatic rings. The van der Waals surface area contributed by atoms with Gasteiger partial charge in [0.1, 0.15) is 6.61 Å². The number of hydrogen-bond acceptors (Lipinski definition) is 10. The second-order valence-corrected chi connectivity index (χ2v) is 11.5. The first kappa shape index (κ1) is 23.7. The van der Waals surface area contributed by atoms with Crippen molar-refractivity contribution in [2.24, 2.45) is 5.41 Å². The van der Waals surface area contributed by atoms with Gasteiger partial charge in [0.15, 0.2) is 0 Å². The van der Waals surface area contributed by atoms with Crippen LogP contribution in [0.15, 0.2) is 46.2 Å². The van der Waals surface area contributed by atoms with Crippen LogP contribution in [0.2, 0.25) is 0 Å². The molecular weight excluding hydrogens is 494 g/mol. The molecule has 2 amide bonds. The van der Waals surface area contributed by atoms with E-state index in [1.807, 2.05) is 4.90 Å². The lowest BCUT2D eigenvalue weighted by molar-refractivity contribution is -0.115. The first-order valence-corrected chi connectivity index (χ1v) is 13.1. The lowest BCUT2D eigenvalue weighted by Crippen LogP contribution is -2.73. The van der Waals surface area contributed by atoms with Crippen molar-refractivity contribution in [1.82, 2.24) is 19.6 Å². The van der Waals surface area contributed by atoms with Gasteiger partial charge in [-0.15, -0.1) is 0 Å². The van der Waals surface area contributed by atoms with Crippen LogP contribution in [0.5, 0.6) is 5.88 Å². The van der Waals surface area contributed by atoms with E-state index in [-0.39, 0.29) is 16.9 Å². The Labute approximate surface area is 206 Å². The Bertz CT molecular complexity index is 1290. The summed E-state index contributed by atoms with van der Waals surface area (Å²) in [5.41, 5.74) is 0.280. The minimum absolute atomic E-state index is 0.148. The molecule has 35 heavy (non-hydrogen) atoms. The van der Waals surface area contributed by atoms with Crippen molar-refractivity contribution in [3.8, 4) is 5.88 Å². The summed E-state index contributed by atoms with van der Waals surface area (Å²) in [5.74, 6) is 0.257. The van der Waals surface area contributed by atoms with Crippen molar-refractivity contribution in [2.75, 3.05) is 51.4 Å². The molecule has 184 valence electrons. The molecule has 0 bridgehead atoms. The third-order valence-corrected chi connectivity index (χ3v) is 8.53. The number of nitrogens with zero attached hydrogens (tertiary/aromatic N) is 4. The number of thioether (sulfide) groups is 1. The predicted octanol–water partition coefficient (Wildman–Crippen LogP) is 1.34. The Morgan fingerprint density at radius 1 is 1.11 bits per heavy atom. The lowest BCUT2D eigenvalue weighted by Gasteiger charge is -2.59. The Morgan fingerprint density at radius 2 is 1.86 bits per heavy atom. The molecule has 0 unspecified atom stereocenters. The largest absolute Gasteiger partial charge is 0.475 e. The molecule has 1 aromatic carbocycles. The number of carbonyl (C=O) groups is 2. The summed E-state index contributed by atoms with van der Waals surface area (Å²) >= 11 is 0.807. The van der Waals surface area contributed by atoms with Crippen LogP contribution in [0.25, 0.3) is 6.08 Å². The van der Waals surface area contributed by atoms with Crippen molar-refractivity contribution in [3.05, 3.63) is 47.0 Å². The van der Waals surface area contributed by atoms with Gasteiger partial charge in [0.25, 0.3) is 11.1 Å². The van der Waals surface area contributed by atoms with Gasteiger partial charge in [0, 0.05) is 44.8 Å². The highest BCUT2D eigenvalue weighted by Crippen LogP contribution is 2.43. The quantitative estimate of drug-likeness (QED) is 0.404. The number of amides is 2. The van der Waals surface area contributed by atoms with Gasteiger partial charge >= 0.3 is 0 Å². The van der Waals surface area contributed by atoms with Gasteiger partial charge in [-0.1, -0.05) is 18.2 Å². The van der Waals surface area contributed by atoms with E-state index >= 15 is 0 Å². The molecule has 3 fully saturated rings. The number of aromatic nitrogens is 2. The Hall–Kier alpha value is -3.00. The fraction of sp³-hybridized carbons (Fsp3) is 0.364. The summed E-state index contributed by atoms with van der Waals surface area (Å²) in [6, 6.07) is 10.0. The fourth-order valence-electron chi connectivity index (χ4n) is 4.22. The molecule has 1 N–H and O–H groups in total. The molecule has 13 heteroatoms. The van der Waals surface area contributed by atoms with Crippen LogP contribution in [-0.4, -0.2) is 80.3 Å². The van der Waals surface area contributed by atoms with Crippen LogP contribution in [0.3, 0.4) is 0 Å². The van der Waals surface area contributed by atoms with Crippen LogP contribution >= 0.6 is 11.8 Å². The average molecular weight is 518 g/mol. The number of rotatable bonds is 8. The maximum atomic E-state index is 12.8. The third-order valence-electron chi connectivity index (χ3n) is 5.91. The Morgan fingerprint density at radius 3 is 2.51 bits per heavy atom. The monoisotopic (exact) mass is 517 g/mol. The molecule has 0 atom stereocenters. The number of imide groups is 1. The maximum Gasteiger partial charge on any atom is 0.290 e. The van der Waals surface area contributed by atoms with Gasteiger partial charge < -0.3 is 14.4 Å². The molecule has 0 saturated carbocycles. The van der Waals surface area contributed by atoms with Crippen LogP contribution < -0.4 is 15.0 Å². The molecule has 11 nitrogen and oxygen atoms in total. The minimum Gasteiger partial charge on any atom is -0.475 e. The van der Waals surface area contributed by atoms with Crippen molar-refractivity contribution < 1.29 is 27.5 Å². The number of anilines is 1. The van der Waals surface area contributed by atoms with E-state index < -0.39 is 21.2 Å². The van der Waals surface area contributed by atoms with E-state index in [0.717, 1.165) is 11.8 Å². The Kier molecular flexibility index (Phi) is 6.25. The standard InChI is InChI=1S/C22H23N5O6S2/c1-32-7-8-33-18-10-15(9-17-19(28)25-21(29)34-17)23-20(24-18)26-11-22(12-26)13-27(14-22)35(30,31)16-5-3-2-4-6-16/h2-6,9-10H,7-8,11-14H2,1H3,(H,25,28,29)/b17-9-. The molecule has 1 spiro atoms. The van der Waals surface area contributed by atoms with Gasteiger partial charge in [-0.2, -0.15) is 9.29 Å². The molecule has 0 aliphatic carbocycles. The number of methoxy groups -OCH3 is 1. The van der Waals surface area contributed by atoms with Gasteiger partial charge in [-0.3, -0.25) is 14.9 Å². The normalized spacial score (nSPS) is 20.6. The maximum absolute atomic E-state index is 12.8. The highest BCUT2D eigenvalue weighted by Gasteiger charge is 2.56. The van der Waals surface area contributed by atoms with Gasteiger partial charge in [-0.25, -0.2) is 13.4 Å². The SMILES string of the molecule is COCCOc1cc(/C=C2\SC(=O)NC2=O)nc(N2CC3(C2)CN(S(=O)(=O)c2ccccc2)C3)n1. The second kappa shape index (κ2) is 9.22. The van der Waals surface area contributed by atoms with Gasteiger partial charge in [-0.05, 0) is 30.0 Å². The zero-order valence-corrected chi connectivity index (χ0v) is 20.5. The molecule has 2 aromatic rings. The average Bonchev–Trinajstić information content (AvgIpc) is 3.09. The molecule has 5 rings (SSSR count). The summed E-state index contributed by atoms with van der Waals surface area (Å²) in [6.07, 6.45) is 1.52. The van der Waals surface area contributed by atoms with Crippen molar-refractivity contribution in [1.29, 1.82) is 0 Å². The van der Waals surface area contributed by atoms with Gasteiger partial charge in [0.2, 0.25) is 21.9 Å². The number of nitrogens with one attached hydrogen (secondary N) is 1. The first-order valence-electron chi connectivity index (χ1n) is 10.8. The highest BCUT2D eigenvalue weighted by atomic mass is 32.2. The number of ether oxygens (including phenoxy) is 2. The molecule has 3 saturated heterocycles. The van der Waals surface area contributed by atoms with E-state index in [1.54, 1.807) is 43.5 Å². The van der Waals surface area contributed by atoms with E-state index in [1.165, 1.54) is 10.4 Å². The number of carbonyl (C=O) groups excluding carboxylic acids is 2. The molecular formula is C22H23N5O6S2. The van der Waals surface area contributed by atoms with Crippen LogP contribution in [-0.2, 0) is 19.6 Å². The second-order valence-electron chi connectivity index (χ2n) is 8.57. The van der Waals surface area contributed by atoms with Crippen LogP contribution in [0.1, 0.15) is 5.69 Å². The van der Waals surface area contributed by atoms with E-state index in [9.17, 15) is 18.0 Å². The zero-order valence-electron chi connectivity index (χ0n) is 18.8. The number of benzene rings is 1. The molecule has 4 heterocycles. The van der Waals surface area contributed by atoms with Crippen molar-refractivity contribution in [2.45, 2.75) is 4.90 Å². The summed E-state index contributed by atoms with van der Waals surface area (Å²) < 4.78 is 37.8. The minimum atomic E-state index is -3.50. The number of hydrogen-bond donors (Lipinski definition) is 1. The van der Waals surface area contributed by atoms with Crippen molar-refractivity contribution in [3.63, 3.8) is 0 Å². The topological polar surface area (TPSA) is 131 Å². The third kappa shape index (κ3) is 4.76. The molecule has 1 aromatic heterocycles. The molecule has 0 radical (unpaired) electrons. The van der Waals surface area contributed by atoms with E-state index in [0.29, 0.717) is 55.2 Å². The highest BCUT2D eigenvalue weighted by molar-refractivity contribution is 8.18. The summed E-state index contributed by atoms with van der Waals surface area (Å²) in [4.78, 5) is 34.9. The molecule has 3 aliphatic heterocycles.